The molecule has 0 saturated heterocycles. The molecule has 2 aromatic heterocycles. The summed E-state index contributed by atoms with van der Waals surface area (Å²) in [6, 6.07) is 6.68. The van der Waals surface area contributed by atoms with Crippen molar-refractivity contribution in [2.24, 2.45) is 0 Å². The summed E-state index contributed by atoms with van der Waals surface area (Å²) < 4.78 is 1.63. The molecule has 2 heterocycles. The molecule has 0 aliphatic carbocycles. The highest BCUT2D eigenvalue weighted by atomic mass is 16.3. The monoisotopic (exact) mass is 211 g/mol. The third-order valence-corrected chi connectivity index (χ3v) is 2.32. The Kier molecular flexibility index (Phi) is 1.56. The molecule has 0 saturated carbocycles. The number of hydrogen-bond acceptors (Lipinski definition) is 5. The summed E-state index contributed by atoms with van der Waals surface area (Å²) in [6.07, 6.45) is 1.49. The van der Waals surface area contributed by atoms with E-state index in [-0.39, 0.29) is 11.4 Å². The summed E-state index contributed by atoms with van der Waals surface area (Å²) >= 11 is 0. The Bertz CT molecular complexity index is 740. The molecule has 3 rings (SSSR count). The third-order valence-electron chi connectivity index (χ3n) is 2.32. The van der Waals surface area contributed by atoms with Gasteiger partial charge in [0.05, 0.1) is 5.52 Å². The van der Waals surface area contributed by atoms with Crippen molar-refractivity contribution < 1.29 is 5.11 Å². The van der Waals surface area contributed by atoms with Crippen LogP contribution in [0.15, 0.2) is 24.5 Å². The molecular formula is C10H5N5O. The maximum absolute atomic E-state index is 9.41. The van der Waals surface area contributed by atoms with Crippen molar-refractivity contribution in [2.45, 2.75) is 0 Å². The zero-order valence-electron chi connectivity index (χ0n) is 7.99. The SMILES string of the molecule is N#Cc1ncn2c1nnc1ccc(O)cc12. The topological polar surface area (TPSA) is 87.1 Å². The Morgan fingerprint density at radius 2 is 2.19 bits per heavy atom. The summed E-state index contributed by atoms with van der Waals surface area (Å²) in [5.74, 6) is 0.133. The number of phenols is 1. The Morgan fingerprint density at radius 1 is 1.31 bits per heavy atom. The number of aromatic nitrogens is 4. The van der Waals surface area contributed by atoms with Gasteiger partial charge in [0.25, 0.3) is 0 Å². The second kappa shape index (κ2) is 2.90. The Balaban J connectivity index is 2.54. The highest BCUT2D eigenvalue weighted by Gasteiger charge is 2.09. The normalized spacial score (nSPS) is 10.7. The third kappa shape index (κ3) is 1.02. The number of nitrogens with zero attached hydrogens (tertiary/aromatic N) is 5. The highest BCUT2D eigenvalue weighted by Crippen LogP contribution is 2.19. The van der Waals surface area contributed by atoms with Gasteiger partial charge < -0.3 is 5.11 Å². The first kappa shape index (κ1) is 8.61. The van der Waals surface area contributed by atoms with E-state index in [1.807, 2.05) is 6.07 Å². The van der Waals surface area contributed by atoms with Crippen LogP contribution in [0.3, 0.4) is 0 Å². The van der Waals surface area contributed by atoms with E-state index < -0.39 is 0 Å². The number of aromatic hydroxyl groups is 1. The van der Waals surface area contributed by atoms with Gasteiger partial charge in [0, 0.05) is 6.07 Å². The molecule has 0 radical (unpaired) electrons. The lowest BCUT2D eigenvalue weighted by Gasteiger charge is -2.00. The van der Waals surface area contributed by atoms with Crippen LogP contribution in [-0.2, 0) is 0 Å². The van der Waals surface area contributed by atoms with Crippen LogP contribution in [0, 0.1) is 11.3 Å². The van der Waals surface area contributed by atoms with Crippen LogP contribution in [-0.4, -0.2) is 24.7 Å². The van der Waals surface area contributed by atoms with Crippen molar-refractivity contribution in [3.8, 4) is 11.8 Å². The van der Waals surface area contributed by atoms with E-state index in [2.05, 4.69) is 15.2 Å². The summed E-state index contributed by atoms with van der Waals surface area (Å²) in [5, 5.41) is 26.1. The lowest BCUT2D eigenvalue weighted by atomic mass is 10.3. The molecule has 6 heteroatoms. The Hall–Kier alpha value is -2.68. The molecular weight excluding hydrogens is 206 g/mol. The number of nitriles is 1. The summed E-state index contributed by atoms with van der Waals surface area (Å²) in [4.78, 5) is 3.91. The molecule has 0 aliphatic heterocycles. The van der Waals surface area contributed by atoms with Gasteiger partial charge in [-0.1, -0.05) is 0 Å². The van der Waals surface area contributed by atoms with Crippen LogP contribution in [0.4, 0.5) is 0 Å². The highest BCUT2D eigenvalue weighted by molar-refractivity contribution is 5.78. The van der Waals surface area contributed by atoms with Gasteiger partial charge >= 0.3 is 0 Å². The largest absolute Gasteiger partial charge is 0.508 e. The van der Waals surface area contributed by atoms with Crippen molar-refractivity contribution in [3.63, 3.8) is 0 Å². The first-order valence-corrected chi connectivity index (χ1v) is 4.52. The van der Waals surface area contributed by atoms with E-state index in [1.54, 1.807) is 16.5 Å². The van der Waals surface area contributed by atoms with Gasteiger partial charge in [0.2, 0.25) is 0 Å². The van der Waals surface area contributed by atoms with Gasteiger partial charge in [-0.2, -0.15) is 5.26 Å². The fourth-order valence-corrected chi connectivity index (χ4v) is 1.58. The Morgan fingerprint density at radius 3 is 3.00 bits per heavy atom. The van der Waals surface area contributed by atoms with Gasteiger partial charge in [-0.15, -0.1) is 10.2 Å². The molecule has 0 amide bonds. The fraction of sp³-hybridized carbons (Fsp3) is 0. The van der Waals surface area contributed by atoms with Crippen LogP contribution >= 0.6 is 0 Å². The molecule has 0 fully saturated rings. The molecule has 3 aromatic rings. The molecule has 0 unspecified atom stereocenters. The lowest BCUT2D eigenvalue weighted by molar-refractivity contribution is 0.476. The number of benzene rings is 1. The van der Waals surface area contributed by atoms with E-state index in [9.17, 15) is 5.11 Å². The maximum Gasteiger partial charge on any atom is 0.197 e. The van der Waals surface area contributed by atoms with E-state index >= 15 is 0 Å². The van der Waals surface area contributed by atoms with Crippen LogP contribution < -0.4 is 0 Å². The molecule has 0 aliphatic rings. The molecule has 6 nitrogen and oxygen atoms in total. The number of hydrogen-bond donors (Lipinski definition) is 1. The molecule has 0 atom stereocenters. The first-order valence-electron chi connectivity index (χ1n) is 4.52. The number of rotatable bonds is 0. The smallest absolute Gasteiger partial charge is 0.197 e. The van der Waals surface area contributed by atoms with E-state index in [0.717, 1.165) is 0 Å². The van der Waals surface area contributed by atoms with Gasteiger partial charge in [0.1, 0.15) is 23.7 Å². The average Bonchev–Trinajstić information content (AvgIpc) is 2.72. The minimum absolute atomic E-state index is 0.133. The first-order chi connectivity index (χ1) is 7.79. The molecule has 76 valence electrons. The Labute approximate surface area is 89.4 Å². The van der Waals surface area contributed by atoms with Crippen molar-refractivity contribution in [1.29, 1.82) is 5.26 Å². The zero-order chi connectivity index (χ0) is 11.1. The van der Waals surface area contributed by atoms with Gasteiger partial charge in [-0.3, -0.25) is 4.40 Å². The van der Waals surface area contributed by atoms with E-state index in [0.29, 0.717) is 16.7 Å². The predicted molar refractivity (Wildman–Crippen MR) is 54.7 cm³/mol. The van der Waals surface area contributed by atoms with E-state index in [1.165, 1.54) is 12.4 Å². The quantitative estimate of drug-likeness (QED) is 0.595. The average molecular weight is 211 g/mol. The van der Waals surface area contributed by atoms with Crippen molar-refractivity contribution in [1.82, 2.24) is 19.6 Å². The summed E-state index contributed by atoms with van der Waals surface area (Å²) in [7, 11) is 0. The van der Waals surface area contributed by atoms with Crippen molar-refractivity contribution in [2.75, 3.05) is 0 Å². The zero-order valence-corrected chi connectivity index (χ0v) is 7.99. The molecule has 16 heavy (non-hydrogen) atoms. The minimum Gasteiger partial charge on any atom is -0.508 e. The summed E-state index contributed by atoms with van der Waals surface area (Å²) in [6.45, 7) is 0. The van der Waals surface area contributed by atoms with Crippen LogP contribution in [0.2, 0.25) is 0 Å². The number of phenolic OH excluding ortho intramolecular Hbond substituents is 1. The molecule has 0 spiro atoms. The van der Waals surface area contributed by atoms with Crippen molar-refractivity contribution >= 4 is 16.7 Å². The lowest BCUT2D eigenvalue weighted by Crippen LogP contribution is -1.94. The number of imidazole rings is 1. The van der Waals surface area contributed by atoms with Crippen LogP contribution in [0.5, 0.6) is 5.75 Å². The van der Waals surface area contributed by atoms with Gasteiger partial charge in [0.15, 0.2) is 11.3 Å². The van der Waals surface area contributed by atoms with Gasteiger partial charge in [-0.05, 0) is 12.1 Å². The van der Waals surface area contributed by atoms with Gasteiger partial charge in [-0.25, -0.2) is 4.98 Å². The summed E-state index contributed by atoms with van der Waals surface area (Å²) in [5.41, 5.74) is 1.91. The maximum atomic E-state index is 9.41. The molecule has 1 aromatic carbocycles. The fourth-order valence-electron chi connectivity index (χ4n) is 1.58. The molecule has 0 bridgehead atoms. The minimum atomic E-state index is 0.133. The number of fused-ring (bicyclic) bond motifs is 3. The second-order valence-corrected chi connectivity index (χ2v) is 3.27. The second-order valence-electron chi connectivity index (χ2n) is 3.27. The van der Waals surface area contributed by atoms with Crippen LogP contribution in [0.1, 0.15) is 5.69 Å². The van der Waals surface area contributed by atoms with Crippen LogP contribution in [0.25, 0.3) is 16.7 Å². The standard InChI is InChI=1S/C10H5N5O/c11-4-8-10-14-13-7-2-1-6(16)3-9(7)15(10)5-12-8/h1-3,5,16H. The van der Waals surface area contributed by atoms with E-state index in [4.69, 9.17) is 5.26 Å². The predicted octanol–water partition coefficient (Wildman–Crippen LogP) is 0.855. The molecule has 1 N–H and O–H groups in total. The van der Waals surface area contributed by atoms with Crippen molar-refractivity contribution in [3.05, 3.63) is 30.2 Å².